The van der Waals surface area contributed by atoms with Gasteiger partial charge in [-0.25, -0.2) is 4.39 Å². The first-order valence-corrected chi connectivity index (χ1v) is 6.83. The monoisotopic (exact) mass is 273 g/mol. The third kappa shape index (κ3) is 3.58. The minimum absolute atomic E-state index is 0.211. The van der Waals surface area contributed by atoms with Crippen molar-refractivity contribution in [1.82, 2.24) is 0 Å². The molecule has 1 N–H and O–H groups in total. The number of benzene rings is 2. The van der Waals surface area contributed by atoms with Gasteiger partial charge in [-0.2, -0.15) is 0 Å². The van der Waals surface area contributed by atoms with Gasteiger partial charge in [0.25, 0.3) is 0 Å². The van der Waals surface area contributed by atoms with Gasteiger partial charge in [-0.3, -0.25) is 0 Å². The summed E-state index contributed by atoms with van der Waals surface area (Å²) in [4.78, 5) is 2.05. The van der Waals surface area contributed by atoms with Crippen LogP contribution in [0.2, 0.25) is 0 Å². The van der Waals surface area contributed by atoms with E-state index in [0.29, 0.717) is 13.0 Å². The van der Waals surface area contributed by atoms with Gasteiger partial charge in [-0.15, -0.1) is 0 Å². The summed E-state index contributed by atoms with van der Waals surface area (Å²) in [6.07, 6.45) is 0.302. The number of aliphatic hydroxyl groups is 1. The molecule has 2 nitrogen and oxygen atoms in total. The van der Waals surface area contributed by atoms with Crippen molar-refractivity contribution in [1.29, 1.82) is 0 Å². The van der Waals surface area contributed by atoms with Gasteiger partial charge in [0.2, 0.25) is 0 Å². The van der Waals surface area contributed by atoms with Crippen molar-refractivity contribution in [3.63, 3.8) is 0 Å². The van der Waals surface area contributed by atoms with Gasteiger partial charge in [-0.05, 0) is 41.8 Å². The quantitative estimate of drug-likeness (QED) is 0.893. The average Bonchev–Trinajstić information content (AvgIpc) is 2.46. The number of aliphatic hydroxyl groups excluding tert-OH is 1. The topological polar surface area (TPSA) is 23.5 Å². The van der Waals surface area contributed by atoms with Crippen LogP contribution in [-0.4, -0.2) is 12.2 Å². The molecular weight excluding hydrogens is 253 g/mol. The molecule has 0 saturated heterocycles. The van der Waals surface area contributed by atoms with Gasteiger partial charge in [0, 0.05) is 19.3 Å². The van der Waals surface area contributed by atoms with Crippen LogP contribution in [0.25, 0.3) is 0 Å². The van der Waals surface area contributed by atoms with Crippen LogP contribution < -0.4 is 4.90 Å². The largest absolute Gasteiger partial charge is 0.388 e. The number of hydrogen-bond acceptors (Lipinski definition) is 2. The number of hydrogen-bond donors (Lipinski definition) is 1. The van der Waals surface area contributed by atoms with E-state index in [9.17, 15) is 9.50 Å². The second kappa shape index (κ2) is 6.53. The maximum atomic E-state index is 13.2. The van der Waals surface area contributed by atoms with Crippen LogP contribution in [0, 0.1) is 5.82 Å². The first-order valence-electron chi connectivity index (χ1n) is 6.83. The van der Waals surface area contributed by atoms with Crippen LogP contribution in [0.5, 0.6) is 0 Å². The summed E-state index contributed by atoms with van der Waals surface area (Å²) in [5.74, 6) is -0.211. The van der Waals surface area contributed by atoms with Crippen LogP contribution in [0.4, 0.5) is 10.1 Å². The highest BCUT2D eigenvalue weighted by atomic mass is 19.1. The number of nitrogens with zero attached hydrogens (tertiary/aromatic N) is 1. The van der Waals surface area contributed by atoms with Crippen molar-refractivity contribution in [2.24, 2.45) is 0 Å². The van der Waals surface area contributed by atoms with E-state index in [-0.39, 0.29) is 5.82 Å². The molecule has 0 fully saturated rings. The standard InChI is InChI=1S/C17H20FNO/c1-3-17(20)14-7-9-16(10-8-14)19(2)12-13-5-4-6-15(18)11-13/h4-11,17,20H,3,12H2,1-2H3/t17-/m1/s1. The summed E-state index contributed by atoms with van der Waals surface area (Å²) in [5, 5.41) is 9.77. The Morgan fingerprint density at radius 2 is 1.85 bits per heavy atom. The first kappa shape index (κ1) is 14.5. The molecule has 2 aromatic carbocycles. The van der Waals surface area contributed by atoms with Crippen LogP contribution in [-0.2, 0) is 6.54 Å². The zero-order valence-corrected chi connectivity index (χ0v) is 11.9. The summed E-state index contributed by atoms with van der Waals surface area (Å²) in [6.45, 7) is 2.60. The van der Waals surface area contributed by atoms with E-state index in [1.54, 1.807) is 12.1 Å². The van der Waals surface area contributed by atoms with Crippen LogP contribution in [0.3, 0.4) is 0 Å². The van der Waals surface area contributed by atoms with E-state index in [2.05, 4.69) is 4.90 Å². The van der Waals surface area contributed by atoms with E-state index in [1.165, 1.54) is 6.07 Å². The zero-order chi connectivity index (χ0) is 14.5. The Balaban J connectivity index is 2.07. The van der Waals surface area contributed by atoms with Crippen molar-refractivity contribution in [3.8, 4) is 0 Å². The van der Waals surface area contributed by atoms with Crippen LogP contribution in [0.1, 0.15) is 30.6 Å². The fourth-order valence-corrected chi connectivity index (χ4v) is 2.19. The van der Waals surface area contributed by atoms with E-state index in [0.717, 1.165) is 16.8 Å². The Kier molecular flexibility index (Phi) is 4.74. The Bertz CT molecular complexity index is 553. The van der Waals surface area contributed by atoms with E-state index < -0.39 is 6.10 Å². The summed E-state index contributed by atoms with van der Waals surface area (Å²) < 4.78 is 13.2. The van der Waals surface area contributed by atoms with Gasteiger partial charge < -0.3 is 10.0 Å². The normalized spacial score (nSPS) is 12.2. The lowest BCUT2D eigenvalue weighted by Gasteiger charge is -2.20. The highest BCUT2D eigenvalue weighted by molar-refractivity contribution is 5.47. The summed E-state index contributed by atoms with van der Waals surface area (Å²) in [5.41, 5.74) is 2.90. The predicted octanol–water partition coefficient (Wildman–Crippen LogP) is 3.91. The molecule has 20 heavy (non-hydrogen) atoms. The van der Waals surface area contributed by atoms with Crippen molar-refractivity contribution in [2.75, 3.05) is 11.9 Å². The number of anilines is 1. The second-order valence-electron chi connectivity index (χ2n) is 5.00. The van der Waals surface area contributed by atoms with Crippen LogP contribution in [0.15, 0.2) is 48.5 Å². The first-order chi connectivity index (χ1) is 9.60. The lowest BCUT2D eigenvalue weighted by atomic mass is 10.1. The van der Waals surface area contributed by atoms with Crippen molar-refractivity contribution >= 4 is 5.69 Å². The van der Waals surface area contributed by atoms with Gasteiger partial charge in [0.1, 0.15) is 5.82 Å². The molecule has 0 aromatic heterocycles. The molecule has 2 rings (SSSR count). The molecule has 1 atom stereocenters. The summed E-state index contributed by atoms with van der Waals surface area (Å²) in [7, 11) is 1.97. The molecule has 0 spiro atoms. The molecular formula is C17H20FNO. The molecule has 0 aliphatic heterocycles. The Labute approximate surface area is 119 Å². The van der Waals surface area contributed by atoms with Crippen LogP contribution >= 0.6 is 0 Å². The Morgan fingerprint density at radius 3 is 2.45 bits per heavy atom. The molecule has 0 saturated carbocycles. The molecule has 0 aliphatic rings. The van der Waals surface area contributed by atoms with Crippen molar-refractivity contribution < 1.29 is 9.50 Å². The SMILES string of the molecule is CC[C@@H](O)c1ccc(N(C)Cc2cccc(F)c2)cc1. The Hall–Kier alpha value is -1.87. The molecule has 2 aromatic rings. The fourth-order valence-electron chi connectivity index (χ4n) is 2.19. The predicted molar refractivity (Wildman–Crippen MR) is 80.2 cm³/mol. The highest BCUT2D eigenvalue weighted by Gasteiger charge is 2.06. The van der Waals surface area contributed by atoms with E-state index >= 15 is 0 Å². The zero-order valence-electron chi connectivity index (χ0n) is 11.9. The number of halogens is 1. The molecule has 0 bridgehead atoms. The third-order valence-corrected chi connectivity index (χ3v) is 3.41. The molecule has 0 aliphatic carbocycles. The molecule has 3 heteroatoms. The maximum Gasteiger partial charge on any atom is 0.123 e. The van der Waals surface area contributed by atoms with Gasteiger partial charge >= 0.3 is 0 Å². The minimum atomic E-state index is -0.405. The smallest absolute Gasteiger partial charge is 0.123 e. The van der Waals surface area contributed by atoms with Gasteiger partial charge in [0.05, 0.1) is 6.10 Å². The van der Waals surface area contributed by atoms with Crippen molar-refractivity contribution in [2.45, 2.75) is 26.0 Å². The average molecular weight is 273 g/mol. The molecule has 0 heterocycles. The van der Waals surface area contributed by atoms with Crippen molar-refractivity contribution in [3.05, 3.63) is 65.5 Å². The Morgan fingerprint density at radius 1 is 1.15 bits per heavy atom. The second-order valence-corrected chi connectivity index (χ2v) is 5.00. The lowest BCUT2D eigenvalue weighted by molar-refractivity contribution is 0.173. The molecule has 0 radical (unpaired) electrons. The molecule has 0 unspecified atom stereocenters. The van der Waals surface area contributed by atoms with E-state index in [1.807, 2.05) is 44.3 Å². The summed E-state index contributed by atoms with van der Waals surface area (Å²) >= 11 is 0. The summed E-state index contributed by atoms with van der Waals surface area (Å²) in [6, 6.07) is 14.5. The molecule has 106 valence electrons. The molecule has 0 amide bonds. The highest BCUT2D eigenvalue weighted by Crippen LogP contribution is 2.21. The fraction of sp³-hybridized carbons (Fsp3) is 0.294. The van der Waals surface area contributed by atoms with E-state index in [4.69, 9.17) is 0 Å². The van der Waals surface area contributed by atoms with Gasteiger partial charge in [-0.1, -0.05) is 31.2 Å². The minimum Gasteiger partial charge on any atom is -0.388 e. The number of rotatable bonds is 5. The lowest BCUT2D eigenvalue weighted by Crippen LogP contribution is -2.16. The van der Waals surface area contributed by atoms with Gasteiger partial charge in [0.15, 0.2) is 0 Å². The maximum absolute atomic E-state index is 13.2. The third-order valence-electron chi connectivity index (χ3n) is 3.41.